The van der Waals surface area contributed by atoms with Crippen LogP contribution in [0, 0.1) is 17.0 Å². The van der Waals surface area contributed by atoms with Gasteiger partial charge in [0, 0.05) is 24.6 Å². The summed E-state index contributed by atoms with van der Waals surface area (Å²) in [7, 11) is 1.60. The number of carbonyl (C=O) groups excluding carboxylic acids is 1. The summed E-state index contributed by atoms with van der Waals surface area (Å²) in [5.74, 6) is -1.84. The molecular formula is C14H19F2NO. The van der Waals surface area contributed by atoms with Crippen LogP contribution in [0.2, 0.25) is 0 Å². The first-order chi connectivity index (χ1) is 8.29. The number of halogens is 2. The van der Waals surface area contributed by atoms with Gasteiger partial charge < -0.3 is 4.90 Å². The highest BCUT2D eigenvalue weighted by molar-refractivity contribution is 5.81. The van der Waals surface area contributed by atoms with Crippen LogP contribution in [0.4, 0.5) is 8.78 Å². The lowest BCUT2D eigenvalue weighted by Crippen LogP contribution is -2.37. The summed E-state index contributed by atoms with van der Waals surface area (Å²) in [6.07, 6.45) is 0.696. The molecule has 0 aliphatic carbocycles. The topological polar surface area (TPSA) is 20.3 Å². The van der Waals surface area contributed by atoms with E-state index in [-0.39, 0.29) is 18.0 Å². The lowest BCUT2D eigenvalue weighted by Gasteiger charge is -2.28. The average Bonchev–Trinajstić information content (AvgIpc) is 2.33. The van der Waals surface area contributed by atoms with E-state index in [9.17, 15) is 13.6 Å². The number of hydrogen-bond acceptors (Lipinski definition) is 1. The third kappa shape index (κ3) is 3.06. The molecular weight excluding hydrogens is 236 g/mol. The van der Waals surface area contributed by atoms with Crippen LogP contribution < -0.4 is 0 Å². The highest BCUT2D eigenvalue weighted by Crippen LogP contribution is 2.23. The van der Waals surface area contributed by atoms with Crippen molar-refractivity contribution in [1.82, 2.24) is 4.90 Å². The van der Waals surface area contributed by atoms with Crippen molar-refractivity contribution in [3.05, 3.63) is 35.4 Å². The smallest absolute Gasteiger partial charge is 0.228 e. The third-order valence-electron chi connectivity index (χ3n) is 3.25. The van der Waals surface area contributed by atoms with E-state index in [0.717, 1.165) is 6.07 Å². The van der Waals surface area contributed by atoms with Gasteiger partial charge in [0.2, 0.25) is 5.91 Å². The molecule has 0 radical (unpaired) electrons. The van der Waals surface area contributed by atoms with E-state index in [1.54, 1.807) is 7.05 Å². The van der Waals surface area contributed by atoms with Crippen molar-refractivity contribution in [2.75, 3.05) is 7.05 Å². The minimum atomic E-state index is -0.886. The van der Waals surface area contributed by atoms with Gasteiger partial charge in [-0.15, -0.1) is 0 Å². The predicted octanol–water partition coefficient (Wildman–Crippen LogP) is 3.36. The molecule has 0 fully saturated rings. The summed E-state index contributed by atoms with van der Waals surface area (Å²) in [6, 6.07) is 3.99. The van der Waals surface area contributed by atoms with Gasteiger partial charge in [-0.3, -0.25) is 4.79 Å². The molecule has 1 rings (SSSR count). The van der Waals surface area contributed by atoms with Crippen molar-refractivity contribution in [2.24, 2.45) is 5.41 Å². The van der Waals surface area contributed by atoms with Crippen LogP contribution in [0.15, 0.2) is 18.2 Å². The summed E-state index contributed by atoms with van der Waals surface area (Å²) in [5.41, 5.74) is -0.295. The molecule has 0 N–H and O–H groups in total. The van der Waals surface area contributed by atoms with Gasteiger partial charge >= 0.3 is 0 Å². The fourth-order valence-corrected chi connectivity index (χ4v) is 1.67. The van der Waals surface area contributed by atoms with Crippen molar-refractivity contribution >= 4 is 5.91 Å². The Morgan fingerprint density at radius 3 is 2.50 bits per heavy atom. The summed E-state index contributed by atoms with van der Waals surface area (Å²) in [4.78, 5) is 13.5. The molecule has 1 amide bonds. The van der Waals surface area contributed by atoms with Crippen molar-refractivity contribution < 1.29 is 13.6 Å². The second kappa shape index (κ2) is 5.46. The van der Waals surface area contributed by atoms with Crippen LogP contribution in [-0.2, 0) is 11.3 Å². The predicted molar refractivity (Wildman–Crippen MR) is 66.9 cm³/mol. The Balaban J connectivity index is 2.85. The normalized spacial score (nSPS) is 11.4. The number of hydrogen-bond donors (Lipinski definition) is 0. The van der Waals surface area contributed by atoms with Gasteiger partial charge in [-0.2, -0.15) is 0 Å². The van der Waals surface area contributed by atoms with Crippen molar-refractivity contribution in [2.45, 2.75) is 33.7 Å². The standard InChI is InChI=1S/C14H19F2NO/c1-5-14(2,3)13(18)17(4)9-10-7-6-8-11(15)12(10)16/h6-8H,5,9H2,1-4H3. The molecule has 0 aliphatic rings. The quantitative estimate of drug-likeness (QED) is 0.808. The second-order valence-corrected chi connectivity index (χ2v) is 5.11. The maximum Gasteiger partial charge on any atom is 0.228 e. The monoisotopic (exact) mass is 255 g/mol. The Bertz CT molecular complexity index is 443. The van der Waals surface area contributed by atoms with Crippen molar-refractivity contribution in [1.29, 1.82) is 0 Å². The molecule has 1 aromatic carbocycles. The van der Waals surface area contributed by atoms with Gasteiger partial charge in [0.1, 0.15) is 0 Å². The van der Waals surface area contributed by atoms with Gasteiger partial charge in [0.05, 0.1) is 0 Å². The van der Waals surface area contributed by atoms with Crippen LogP contribution >= 0.6 is 0 Å². The summed E-state index contributed by atoms with van der Waals surface area (Å²) in [5, 5.41) is 0. The van der Waals surface area contributed by atoms with Crippen LogP contribution in [0.3, 0.4) is 0 Å². The Labute approximate surface area is 107 Å². The maximum atomic E-state index is 13.5. The molecule has 4 heteroatoms. The first-order valence-electron chi connectivity index (χ1n) is 5.98. The summed E-state index contributed by atoms with van der Waals surface area (Å²) < 4.78 is 26.5. The van der Waals surface area contributed by atoms with Gasteiger partial charge in [0.25, 0.3) is 0 Å². The molecule has 1 aromatic rings. The zero-order valence-electron chi connectivity index (χ0n) is 11.3. The molecule has 0 aliphatic heterocycles. The Hall–Kier alpha value is -1.45. The molecule has 0 bridgehead atoms. The molecule has 0 saturated heterocycles. The molecule has 2 nitrogen and oxygen atoms in total. The fourth-order valence-electron chi connectivity index (χ4n) is 1.67. The molecule has 0 atom stereocenters. The number of amides is 1. The highest BCUT2D eigenvalue weighted by Gasteiger charge is 2.28. The minimum Gasteiger partial charge on any atom is -0.341 e. The van der Waals surface area contributed by atoms with Gasteiger partial charge in [0.15, 0.2) is 11.6 Å². The zero-order valence-corrected chi connectivity index (χ0v) is 11.3. The lowest BCUT2D eigenvalue weighted by atomic mass is 9.88. The van der Waals surface area contributed by atoms with E-state index >= 15 is 0 Å². The fraction of sp³-hybridized carbons (Fsp3) is 0.500. The van der Waals surface area contributed by atoms with E-state index in [1.165, 1.54) is 17.0 Å². The first kappa shape index (κ1) is 14.6. The lowest BCUT2D eigenvalue weighted by molar-refractivity contribution is -0.139. The van der Waals surface area contributed by atoms with E-state index in [0.29, 0.717) is 6.42 Å². The summed E-state index contributed by atoms with van der Waals surface area (Å²) >= 11 is 0. The Morgan fingerprint density at radius 1 is 1.33 bits per heavy atom. The van der Waals surface area contributed by atoms with E-state index in [2.05, 4.69) is 0 Å². The highest BCUT2D eigenvalue weighted by atomic mass is 19.2. The van der Waals surface area contributed by atoms with Gasteiger partial charge in [-0.25, -0.2) is 8.78 Å². The van der Waals surface area contributed by atoms with Crippen LogP contribution in [-0.4, -0.2) is 17.9 Å². The maximum absolute atomic E-state index is 13.5. The molecule has 0 saturated carbocycles. The van der Waals surface area contributed by atoms with Crippen molar-refractivity contribution in [3.63, 3.8) is 0 Å². The summed E-state index contributed by atoms with van der Waals surface area (Å²) in [6.45, 7) is 5.68. The molecule has 100 valence electrons. The minimum absolute atomic E-state index is 0.0753. The molecule has 0 heterocycles. The Morgan fingerprint density at radius 2 is 1.94 bits per heavy atom. The molecule has 18 heavy (non-hydrogen) atoms. The van der Waals surface area contributed by atoms with E-state index < -0.39 is 17.0 Å². The number of benzene rings is 1. The first-order valence-corrected chi connectivity index (χ1v) is 5.98. The van der Waals surface area contributed by atoms with Crippen LogP contribution in [0.25, 0.3) is 0 Å². The van der Waals surface area contributed by atoms with Crippen LogP contribution in [0.5, 0.6) is 0 Å². The SMILES string of the molecule is CCC(C)(C)C(=O)N(C)Cc1cccc(F)c1F. The number of rotatable bonds is 4. The zero-order chi connectivity index (χ0) is 13.9. The molecule has 0 spiro atoms. The number of carbonyl (C=O) groups is 1. The number of nitrogens with zero attached hydrogens (tertiary/aromatic N) is 1. The van der Waals surface area contributed by atoms with Gasteiger partial charge in [-0.05, 0) is 12.5 Å². The van der Waals surface area contributed by atoms with Crippen molar-refractivity contribution in [3.8, 4) is 0 Å². The Kier molecular flexibility index (Phi) is 4.43. The third-order valence-corrected chi connectivity index (χ3v) is 3.25. The average molecular weight is 255 g/mol. The van der Waals surface area contributed by atoms with E-state index in [1.807, 2.05) is 20.8 Å². The molecule has 0 unspecified atom stereocenters. The second-order valence-electron chi connectivity index (χ2n) is 5.11. The van der Waals surface area contributed by atoms with Crippen LogP contribution in [0.1, 0.15) is 32.8 Å². The largest absolute Gasteiger partial charge is 0.341 e. The molecule has 0 aromatic heterocycles. The van der Waals surface area contributed by atoms with Gasteiger partial charge in [-0.1, -0.05) is 32.9 Å². The van der Waals surface area contributed by atoms with E-state index in [4.69, 9.17) is 0 Å².